The number of hydrogen-bond donors (Lipinski definition) is 2. The molecule has 1 aliphatic carbocycles. The lowest BCUT2D eigenvalue weighted by atomic mass is 9.95. The van der Waals surface area contributed by atoms with Gasteiger partial charge in [-0.15, -0.1) is 0 Å². The fourth-order valence-corrected chi connectivity index (χ4v) is 4.33. The van der Waals surface area contributed by atoms with Crippen LogP contribution in [0.15, 0.2) is 30.3 Å². The molecule has 0 radical (unpaired) electrons. The molecule has 9 heteroatoms. The molecule has 2 aliphatic rings. The first-order valence-corrected chi connectivity index (χ1v) is 10.1. The second-order valence-corrected chi connectivity index (χ2v) is 8.10. The van der Waals surface area contributed by atoms with Crippen LogP contribution in [0, 0.1) is 5.92 Å². The number of hydrogen-bond acceptors (Lipinski definition) is 5. The van der Waals surface area contributed by atoms with Crippen molar-refractivity contribution < 1.29 is 23.9 Å². The number of halogens is 2. The zero-order valence-electron chi connectivity index (χ0n) is 16.2. The van der Waals surface area contributed by atoms with E-state index in [1.807, 2.05) is 13.0 Å². The third-order valence-electron chi connectivity index (χ3n) is 5.37. The van der Waals surface area contributed by atoms with Crippen LogP contribution in [0.4, 0.5) is 11.4 Å². The summed E-state index contributed by atoms with van der Waals surface area (Å²) >= 11 is 12.6. The Morgan fingerprint density at radius 3 is 2.50 bits per heavy atom. The molecule has 2 aromatic carbocycles. The standard InChI is InChI=1S/C21H18Cl2N2O5/c1-3-29-19(27)18(26)24-11-6-14(22)17(15(23)7-11)30-12-4-5-16-13(8-12)21(9-10(21)2)20(28)25-16/h4-8,10H,3,9H2,1-2H3,(H,24,26)(H,25,28). The molecule has 0 aromatic heterocycles. The fraction of sp³-hybridized carbons (Fsp3) is 0.286. The van der Waals surface area contributed by atoms with Gasteiger partial charge >= 0.3 is 11.9 Å². The summed E-state index contributed by atoms with van der Waals surface area (Å²) in [6, 6.07) is 8.16. The van der Waals surface area contributed by atoms with Gasteiger partial charge in [-0.25, -0.2) is 4.79 Å². The average molecular weight is 449 g/mol. The van der Waals surface area contributed by atoms with Gasteiger partial charge in [0.05, 0.1) is 22.1 Å². The number of carbonyl (C=O) groups is 3. The maximum Gasteiger partial charge on any atom is 0.397 e. The predicted octanol–water partition coefficient (Wildman–Crippen LogP) is 4.52. The highest BCUT2D eigenvalue weighted by atomic mass is 35.5. The van der Waals surface area contributed by atoms with Crippen molar-refractivity contribution in [2.45, 2.75) is 25.7 Å². The summed E-state index contributed by atoms with van der Waals surface area (Å²) in [4.78, 5) is 35.6. The molecule has 1 fully saturated rings. The Labute approximate surface area is 182 Å². The number of amides is 2. The fourth-order valence-electron chi connectivity index (χ4n) is 3.76. The normalized spacial score (nSPS) is 21.1. The van der Waals surface area contributed by atoms with Gasteiger partial charge in [0.1, 0.15) is 5.75 Å². The zero-order chi connectivity index (χ0) is 21.6. The highest BCUT2D eigenvalue weighted by Gasteiger charge is 2.62. The minimum atomic E-state index is -1.00. The van der Waals surface area contributed by atoms with E-state index in [0.717, 1.165) is 17.7 Å². The lowest BCUT2D eigenvalue weighted by Crippen LogP contribution is -2.24. The van der Waals surface area contributed by atoms with Crippen LogP contribution in [-0.4, -0.2) is 24.4 Å². The second-order valence-electron chi connectivity index (χ2n) is 7.28. The van der Waals surface area contributed by atoms with Crippen LogP contribution >= 0.6 is 23.2 Å². The molecule has 4 rings (SSSR count). The number of rotatable bonds is 4. The Bertz CT molecular complexity index is 1060. The minimum absolute atomic E-state index is 0.0138. The minimum Gasteiger partial charge on any atom is -0.459 e. The highest BCUT2D eigenvalue weighted by Crippen LogP contribution is 2.60. The molecule has 156 valence electrons. The van der Waals surface area contributed by atoms with Crippen LogP contribution in [0.3, 0.4) is 0 Å². The highest BCUT2D eigenvalue weighted by molar-refractivity contribution is 6.39. The molecule has 2 aromatic rings. The van der Waals surface area contributed by atoms with Crippen molar-refractivity contribution in [3.63, 3.8) is 0 Å². The largest absolute Gasteiger partial charge is 0.459 e. The van der Waals surface area contributed by atoms with Crippen molar-refractivity contribution >= 4 is 52.4 Å². The van der Waals surface area contributed by atoms with Gasteiger partial charge in [0.25, 0.3) is 0 Å². The summed E-state index contributed by atoms with van der Waals surface area (Å²) in [5.41, 5.74) is 1.43. The summed E-state index contributed by atoms with van der Waals surface area (Å²) in [7, 11) is 0. The lowest BCUT2D eigenvalue weighted by molar-refractivity contribution is -0.152. The van der Waals surface area contributed by atoms with Gasteiger partial charge in [0.2, 0.25) is 5.91 Å². The van der Waals surface area contributed by atoms with E-state index in [9.17, 15) is 14.4 Å². The molecular weight excluding hydrogens is 431 g/mol. The van der Waals surface area contributed by atoms with Crippen molar-refractivity contribution in [1.29, 1.82) is 0 Å². The maximum atomic E-state index is 12.4. The van der Waals surface area contributed by atoms with Gasteiger partial charge < -0.3 is 20.1 Å². The molecule has 2 atom stereocenters. The average Bonchev–Trinajstić information content (AvgIpc) is 3.29. The van der Waals surface area contributed by atoms with Crippen LogP contribution in [0.2, 0.25) is 10.0 Å². The lowest BCUT2D eigenvalue weighted by Gasteiger charge is -2.14. The molecule has 0 saturated heterocycles. The first kappa shape index (κ1) is 20.5. The molecule has 30 heavy (non-hydrogen) atoms. The van der Waals surface area contributed by atoms with E-state index < -0.39 is 17.3 Å². The number of fused-ring (bicyclic) bond motifs is 2. The smallest absolute Gasteiger partial charge is 0.397 e. The number of anilines is 2. The number of benzene rings is 2. The van der Waals surface area contributed by atoms with E-state index in [0.29, 0.717) is 5.75 Å². The quantitative estimate of drug-likeness (QED) is 0.529. The summed E-state index contributed by atoms with van der Waals surface area (Å²) in [6.45, 7) is 3.73. The van der Waals surface area contributed by atoms with E-state index in [1.54, 1.807) is 19.1 Å². The van der Waals surface area contributed by atoms with Gasteiger partial charge in [0, 0.05) is 11.4 Å². The van der Waals surface area contributed by atoms with Crippen molar-refractivity contribution in [2.75, 3.05) is 17.2 Å². The van der Waals surface area contributed by atoms with Crippen molar-refractivity contribution in [1.82, 2.24) is 0 Å². The molecule has 2 unspecified atom stereocenters. The third kappa shape index (κ3) is 3.38. The van der Waals surface area contributed by atoms with Gasteiger partial charge in [-0.2, -0.15) is 0 Å². The number of nitrogens with one attached hydrogen (secondary N) is 2. The SMILES string of the molecule is CCOC(=O)C(=O)Nc1cc(Cl)c(Oc2ccc3c(c2)C2(CC2C)C(=O)N3)c(Cl)c1. The van der Waals surface area contributed by atoms with E-state index in [1.165, 1.54) is 12.1 Å². The van der Waals surface area contributed by atoms with Gasteiger partial charge in [0.15, 0.2) is 5.75 Å². The molecule has 1 aliphatic heterocycles. The van der Waals surface area contributed by atoms with E-state index in [4.69, 9.17) is 27.9 Å². The van der Waals surface area contributed by atoms with Crippen molar-refractivity contribution in [3.8, 4) is 11.5 Å². The second kappa shape index (κ2) is 7.49. The first-order chi connectivity index (χ1) is 14.3. The molecule has 1 heterocycles. The van der Waals surface area contributed by atoms with Crippen molar-refractivity contribution in [3.05, 3.63) is 45.9 Å². The van der Waals surface area contributed by atoms with Crippen LogP contribution in [0.5, 0.6) is 11.5 Å². The van der Waals surface area contributed by atoms with Crippen molar-refractivity contribution in [2.24, 2.45) is 5.92 Å². The Morgan fingerprint density at radius 1 is 1.23 bits per heavy atom. The Kier molecular flexibility index (Phi) is 5.11. The Balaban J connectivity index is 1.56. The maximum absolute atomic E-state index is 12.4. The Hall–Kier alpha value is -2.77. The molecule has 7 nitrogen and oxygen atoms in total. The zero-order valence-corrected chi connectivity index (χ0v) is 17.7. The summed E-state index contributed by atoms with van der Waals surface area (Å²) < 4.78 is 10.5. The van der Waals surface area contributed by atoms with Gasteiger partial charge in [-0.3, -0.25) is 9.59 Å². The van der Waals surface area contributed by atoms with Crippen LogP contribution in [0.1, 0.15) is 25.8 Å². The summed E-state index contributed by atoms with van der Waals surface area (Å²) in [5.74, 6) is -0.978. The molecule has 2 N–H and O–H groups in total. The van der Waals surface area contributed by atoms with E-state index in [-0.39, 0.29) is 39.9 Å². The third-order valence-corrected chi connectivity index (χ3v) is 5.93. The molecule has 2 amide bonds. The van der Waals surface area contributed by atoms with E-state index >= 15 is 0 Å². The monoisotopic (exact) mass is 448 g/mol. The van der Waals surface area contributed by atoms with E-state index in [2.05, 4.69) is 15.4 Å². The number of esters is 1. The molecule has 0 bridgehead atoms. The summed E-state index contributed by atoms with van der Waals surface area (Å²) in [5, 5.41) is 5.58. The number of carbonyl (C=O) groups excluding carboxylic acids is 3. The molecule has 1 spiro atoms. The van der Waals surface area contributed by atoms with Crippen LogP contribution in [-0.2, 0) is 24.5 Å². The Morgan fingerprint density at radius 2 is 1.90 bits per heavy atom. The topological polar surface area (TPSA) is 93.7 Å². The predicted molar refractivity (Wildman–Crippen MR) is 112 cm³/mol. The van der Waals surface area contributed by atoms with Crippen LogP contribution < -0.4 is 15.4 Å². The van der Waals surface area contributed by atoms with Gasteiger partial charge in [-0.05, 0) is 55.2 Å². The molecule has 1 saturated carbocycles. The van der Waals surface area contributed by atoms with Gasteiger partial charge in [-0.1, -0.05) is 30.1 Å². The summed E-state index contributed by atoms with van der Waals surface area (Å²) in [6.07, 6.45) is 0.797. The van der Waals surface area contributed by atoms with Crippen LogP contribution in [0.25, 0.3) is 0 Å². The first-order valence-electron chi connectivity index (χ1n) is 9.37. The number of ether oxygens (including phenoxy) is 2. The molecular formula is C21H18Cl2N2O5.